The van der Waals surface area contributed by atoms with Crippen LogP contribution in [0.2, 0.25) is 0 Å². The van der Waals surface area contributed by atoms with Crippen LogP contribution in [0.5, 0.6) is 0 Å². The van der Waals surface area contributed by atoms with Gasteiger partial charge in [-0.25, -0.2) is 0 Å². The first-order valence-corrected chi connectivity index (χ1v) is 6.12. The van der Waals surface area contributed by atoms with Gasteiger partial charge in [0.2, 0.25) is 0 Å². The summed E-state index contributed by atoms with van der Waals surface area (Å²) in [6.07, 6.45) is 0. The van der Waals surface area contributed by atoms with Crippen molar-refractivity contribution >= 4 is 16.7 Å². The average molecular weight is 251 g/mol. The Morgan fingerprint density at radius 1 is 1.11 bits per heavy atom. The molecular weight excluding hydrogens is 238 g/mol. The van der Waals surface area contributed by atoms with Crippen molar-refractivity contribution in [3.05, 3.63) is 53.9 Å². The molecule has 2 aromatic heterocycles. The van der Waals surface area contributed by atoms with Crippen molar-refractivity contribution in [3.63, 3.8) is 0 Å². The number of aromatic nitrogens is 1. The Morgan fingerprint density at radius 3 is 2.68 bits per heavy atom. The molecule has 0 amide bonds. The highest BCUT2D eigenvalue weighted by molar-refractivity contribution is 5.95. The van der Waals surface area contributed by atoms with E-state index in [1.165, 1.54) is 6.92 Å². The Bertz CT molecular complexity index is 771. The van der Waals surface area contributed by atoms with Crippen LogP contribution in [0.4, 0.5) is 0 Å². The number of aryl methyl sites for hydroxylation is 1. The summed E-state index contributed by atoms with van der Waals surface area (Å²) < 4.78 is 5.59. The van der Waals surface area contributed by atoms with Crippen molar-refractivity contribution < 1.29 is 9.21 Å². The summed E-state index contributed by atoms with van der Waals surface area (Å²) in [4.78, 5) is 15.9. The minimum atomic E-state index is -0.0735. The highest BCUT2D eigenvalue weighted by atomic mass is 16.3. The number of rotatable bonds is 2. The minimum absolute atomic E-state index is 0.0735. The monoisotopic (exact) mass is 251 g/mol. The summed E-state index contributed by atoms with van der Waals surface area (Å²) in [5.74, 6) is 0.976. The highest BCUT2D eigenvalue weighted by Crippen LogP contribution is 2.29. The standard InChI is InChI=1S/C16H13NO2/c1-10-6-7-12-4-3-5-13(16(12)17-10)15-9-8-14(19-15)11(2)18/h3-9H,1-2H3. The van der Waals surface area contributed by atoms with Crippen LogP contribution in [-0.4, -0.2) is 10.8 Å². The van der Waals surface area contributed by atoms with Gasteiger partial charge in [0, 0.05) is 23.6 Å². The maximum atomic E-state index is 11.3. The first-order valence-electron chi connectivity index (χ1n) is 6.12. The Kier molecular flexibility index (Phi) is 2.67. The lowest BCUT2D eigenvalue weighted by Crippen LogP contribution is -1.88. The fourth-order valence-corrected chi connectivity index (χ4v) is 2.12. The van der Waals surface area contributed by atoms with Crippen molar-refractivity contribution in [3.8, 4) is 11.3 Å². The third-order valence-electron chi connectivity index (χ3n) is 3.08. The molecule has 3 heteroatoms. The fraction of sp³-hybridized carbons (Fsp3) is 0.125. The molecule has 19 heavy (non-hydrogen) atoms. The quantitative estimate of drug-likeness (QED) is 0.646. The van der Waals surface area contributed by atoms with Gasteiger partial charge in [-0.2, -0.15) is 0 Å². The van der Waals surface area contributed by atoms with Crippen molar-refractivity contribution in [1.82, 2.24) is 4.98 Å². The second-order valence-corrected chi connectivity index (χ2v) is 4.55. The van der Waals surface area contributed by atoms with Crippen LogP contribution in [0.1, 0.15) is 23.2 Å². The SMILES string of the molecule is CC(=O)c1ccc(-c2cccc3ccc(C)nc23)o1. The number of pyridine rings is 1. The molecule has 0 atom stereocenters. The van der Waals surface area contributed by atoms with E-state index in [2.05, 4.69) is 4.98 Å². The Morgan fingerprint density at radius 2 is 1.95 bits per heavy atom. The van der Waals surface area contributed by atoms with Crippen LogP contribution >= 0.6 is 0 Å². The van der Waals surface area contributed by atoms with E-state index in [0.717, 1.165) is 22.2 Å². The van der Waals surface area contributed by atoms with Crippen LogP contribution < -0.4 is 0 Å². The van der Waals surface area contributed by atoms with Crippen LogP contribution in [0.25, 0.3) is 22.2 Å². The van der Waals surface area contributed by atoms with E-state index >= 15 is 0 Å². The molecule has 0 N–H and O–H groups in total. The normalized spacial score (nSPS) is 10.8. The number of carbonyl (C=O) groups is 1. The van der Waals surface area contributed by atoms with E-state index in [1.807, 2.05) is 43.3 Å². The molecule has 0 spiro atoms. The van der Waals surface area contributed by atoms with Crippen molar-refractivity contribution in [1.29, 1.82) is 0 Å². The van der Waals surface area contributed by atoms with E-state index in [9.17, 15) is 4.79 Å². The van der Waals surface area contributed by atoms with E-state index in [0.29, 0.717) is 11.5 Å². The van der Waals surface area contributed by atoms with Gasteiger partial charge in [-0.05, 0) is 31.2 Å². The summed E-state index contributed by atoms with van der Waals surface area (Å²) >= 11 is 0. The number of para-hydroxylation sites is 1. The minimum Gasteiger partial charge on any atom is -0.453 e. The number of fused-ring (bicyclic) bond motifs is 1. The van der Waals surface area contributed by atoms with E-state index in [1.54, 1.807) is 6.07 Å². The van der Waals surface area contributed by atoms with Crippen LogP contribution in [0.3, 0.4) is 0 Å². The third kappa shape index (κ3) is 2.03. The summed E-state index contributed by atoms with van der Waals surface area (Å²) in [7, 11) is 0. The van der Waals surface area contributed by atoms with Gasteiger partial charge in [0.15, 0.2) is 11.5 Å². The molecule has 0 aliphatic carbocycles. The smallest absolute Gasteiger partial charge is 0.194 e. The molecule has 0 fully saturated rings. The number of Topliss-reactive ketones (excluding diaryl/α,β-unsaturated/α-hetero) is 1. The van der Waals surface area contributed by atoms with Crippen molar-refractivity contribution in [2.24, 2.45) is 0 Å². The van der Waals surface area contributed by atoms with Crippen LogP contribution in [0, 0.1) is 6.92 Å². The zero-order valence-electron chi connectivity index (χ0n) is 10.8. The van der Waals surface area contributed by atoms with Crippen molar-refractivity contribution in [2.75, 3.05) is 0 Å². The molecule has 0 unspecified atom stereocenters. The van der Waals surface area contributed by atoms with Gasteiger partial charge in [0.1, 0.15) is 5.76 Å². The number of furan rings is 1. The number of carbonyl (C=O) groups excluding carboxylic acids is 1. The molecule has 0 saturated carbocycles. The van der Waals surface area contributed by atoms with Crippen LogP contribution in [-0.2, 0) is 0 Å². The molecule has 3 nitrogen and oxygen atoms in total. The van der Waals surface area contributed by atoms with E-state index in [-0.39, 0.29) is 5.78 Å². The zero-order valence-corrected chi connectivity index (χ0v) is 10.8. The fourth-order valence-electron chi connectivity index (χ4n) is 2.12. The molecule has 94 valence electrons. The predicted octanol–water partition coefficient (Wildman–Crippen LogP) is 4.01. The summed E-state index contributed by atoms with van der Waals surface area (Å²) in [6.45, 7) is 3.45. The van der Waals surface area contributed by atoms with E-state index < -0.39 is 0 Å². The Balaban J connectivity index is 2.23. The highest BCUT2D eigenvalue weighted by Gasteiger charge is 2.11. The summed E-state index contributed by atoms with van der Waals surface area (Å²) in [5.41, 5.74) is 2.76. The lowest BCUT2D eigenvalue weighted by molar-refractivity contribution is 0.0988. The molecule has 0 aliphatic heterocycles. The first kappa shape index (κ1) is 11.7. The topological polar surface area (TPSA) is 43.1 Å². The predicted molar refractivity (Wildman–Crippen MR) is 74.2 cm³/mol. The molecule has 0 bridgehead atoms. The number of nitrogens with zero attached hydrogens (tertiary/aromatic N) is 1. The van der Waals surface area contributed by atoms with Gasteiger partial charge < -0.3 is 4.42 Å². The van der Waals surface area contributed by atoms with Gasteiger partial charge >= 0.3 is 0 Å². The molecular formula is C16H13NO2. The number of hydrogen-bond donors (Lipinski definition) is 0. The van der Waals surface area contributed by atoms with E-state index in [4.69, 9.17) is 4.42 Å². The van der Waals surface area contributed by atoms with Crippen molar-refractivity contribution in [2.45, 2.75) is 13.8 Å². The molecule has 1 aromatic carbocycles. The number of benzene rings is 1. The third-order valence-corrected chi connectivity index (χ3v) is 3.08. The maximum absolute atomic E-state index is 11.3. The molecule has 0 saturated heterocycles. The van der Waals surface area contributed by atoms with Gasteiger partial charge in [0.05, 0.1) is 5.52 Å². The van der Waals surface area contributed by atoms with Gasteiger partial charge in [-0.15, -0.1) is 0 Å². The lowest BCUT2D eigenvalue weighted by Gasteiger charge is -2.04. The molecule has 3 rings (SSSR count). The molecule has 2 heterocycles. The van der Waals surface area contributed by atoms with Gasteiger partial charge in [-0.3, -0.25) is 9.78 Å². The lowest BCUT2D eigenvalue weighted by atomic mass is 10.1. The molecule has 0 radical (unpaired) electrons. The second-order valence-electron chi connectivity index (χ2n) is 4.55. The molecule has 0 aliphatic rings. The van der Waals surface area contributed by atoms with Gasteiger partial charge in [-0.1, -0.05) is 18.2 Å². The number of ketones is 1. The summed E-state index contributed by atoms with van der Waals surface area (Å²) in [5, 5.41) is 1.06. The summed E-state index contributed by atoms with van der Waals surface area (Å²) in [6, 6.07) is 13.5. The first-order chi connectivity index (χ1) is 9.15. The average Bonchev–Trinajstić information content (AvgIpc) is 2.87. The number of hydrogen-bond acceptors (Lipinski definition) is 3. The molecule has 3 aromatic rings. The Hall–Kier alpha value is -2.42. The Labute approximate surface area is 110 Å². The largest absolute Gasteiger partial charge is 0.453 e. The van der Waals surface area contributed by atoms with Crippen LogP contribution in [0.15, 0.2) is 46.9 Å². The second kappa shape index (κ2) is 4.35. The zero-order chi connectivity index (χ0) is 13.4. The maximum Gasteiger partial charge on any atom is 0.194 e. The van der Waals surface area contributed by atoms with Gasteiger partial charge in [0.25, 0.3) is 0 Å².